The minimum absolute atomic E-state index is 0.492. The van der Waals surface area contributed by atoms with E-state index in [9.17, 15) is 0 Å². The third kappa shape index (κ3) is 3.06. The van der Waals surface area contributed by atoms with Crippen molar-refractivity contribution in [3.63, 3.8) is 0 Å². The lowest BCUT2D eigenvalue weighted by atomic mass is 9.99. The van der Waals surface area contributed by atoms with Gasteiger partial charge in [-0.3, -0.25) is 0 Å². The zero-order valence-electron chi connectivity index (χ0n) is 13.4. The first-order valence-electron chi connectivity index (χ1n) is 7.78. The van der Waals surface area contributed by atoms with Crippen molar-refractivity contribution in [2.45, 2.75) is 53.5 Å². The number of hydrogen-bond acceptors (Lipinski definition) is 2. The second-order valence-corrected chi connectivity index (χ2v) is 6.26. The summed E-state index contributed by atoms with van der Waals surface area (Å²) in [5, 5.41) is 4.78. The Labute approximate surface area is 122 Å². The van der Waals surface area contributed by atoms with Crippen LogP contribution < -0.4 is 5.32 Å². The van der Waals surface area contributed by atoms with Gasteiger partial charge < -0.3 is 9.73 Å². The van der Waals surface area contributed by atoms with Crippen molar-refractivity contribution >= 4 is 11.0 Å². The monoisotopic (exact) mass is 273 g/mol. The predicted octanol–water partition coefficient (Wildman–Crippen LogP) is 4.86. The molecule has 0 bridgehead atoms. The Morgan fingerprint density at radius 3 is 2.50 bits per heavy atom. The van der Waals surface area contributed by atoms with Crippen molar-refractivity contribution in [3.8, 4) is 0 Å². The average molecular weight is 273 g/mol. The molecule has 2 nitrogen and oxygen atoms in total. The zero-order valence-corrected chi connectivity index (χ0v) is 13.4. The van der Waals surface area contributed by atoms with E-state index in [2.05, 4.69) is 58.1 Å². The lowest BCUT2D eigenvalue weighted by molar-refractivity contribution is 0.479. The molecule has 2 rings (SSSR count). The summed E-state index contributed by atoms with van der Waals surface area (Å²) in [7, 11) is 0. The largest absolute Gasteiger partial charge is 0.459 e. The number of aryl methyl sites for hydroxylation is 1. The molecular formula is C18H27NO. The van der Waals surface area contributed by atoms with Gasteiger partial charge in [-0.2, -0.15) is 0 Å². The van der Waals surface area contributed by atoms with Crippen molar-refractivity contribution in [1.82, 2.24) is 5.32 Å². The molecule has 20 heavy (non-hydrogen) atoms. The molecular weight excluding hydrogens is 246 g/mol. The molecule has 1 N–H and O–H groups in total. The van der Waals surface area contributed by atoms with Crippen LogP contribution in [0.15, 0.2) is 22.6 Å². The van der Waals surface area contributed by atoms with E-state index < -0.39 is 0 Å². The lowest BCUT2D eigenvalue weighted by Crippen LogP contribution is -2.19. The molecule has 0 aliphatic rings. The minimum Gasteiger partial charge on any atom is -0.459 e. The molecule has 1 aromatic carbocycles. The molecule has 0 fully saturated rings. The lowest BCUT2D eigenvalue weighted by Gasteiger charge is -2.06. The van der Waals surface area contributed by atoms with Crippen LogP contribution in [0.4, 0.5) is 0 Å². The van der Waals surface area contributed by atoms with E-state index in [1.54, 1.807) is 0 Å². The number of rotatable bonds is 6. The molecule has 0 unspecified atom stereocenters. The molecule has 2 heteroatoms. The Hall–Kier alpha value is -1.28. The van der Waals surface area contributed by atoms with Crippen LogP contribution >= 0.6 is 0 Å². The first-order valence-corrected chi connectivity index (χ1v) is 7.78. The fourth-order valence-corrected chi connectivity index (χ4v) is 2.70. The van der Waals surface area contributed by atoms with Crippen molar-refractivity contribution in [1.29, 1.82) is 0 Å². The van der Waals surface area contributed by atoms with Gasteiger partial charge in [0.05, 0.1) is 6.54 Å². The van der Waals surface area contributed by atoms with E-state index in [1.807, 2.05) is 0 Å². The molecule has 1 heterocycles. The summed E-state index contributed by atoms with van der Waals surface area (Å²) in [5.41, 5.74) is 3.76. The summed E-state index contributed by atoms with van der Waals surface area (Å²) in [6, 6.07) is 6.52. The number of para-hydroxylation sites is 1. The van der Waals surface area contributed by atoms with E-state index in [0.717, 1.165) is 30.9 Å². The second kappa shape index (κ2) is 6.45. The van der Waals surface area contributed by atoms with Crippen LogP contribution in [-0.2, 0) is 13.0 Å². The van der Waals surface area contributed by atoms with Gasteiger partial charge in [0, 0.05) is 10.9 Å². The third-order valence-corrected chi connectivity index (χ3v) is 3.75. The molecule has 0 saturated carbocycles. The van der Waals surface area contributed by atoms with Gasteiger partial charge in [-0.05, 0) is 30.4 Å². The molecule has 1 aromatic heterocycles. The van der Waals surface area contributed by atoms with E-state index in [4.69, 9.17) is 4.42 Å². The maximum absolute atomic E-state index is 6.20. The fraction of sp³-hybridized carbons (Fsp3) is 0.556. The Morgan fingerprint density at radius 1 is 1.15 bits per heavy atom. The van der Waals surface area contributed by atoms with Gasteiger partial charge in [0.2, 0.25) is 0 Å². The summed E-state index contributed by atoms with van der Waals surface area (Å²) >= 11 is 0. The first kappa shape index (κ1) is 15.1. The molecule has 0 aliphatic heterocycles. The highest BCUT2D eigenvalue weighted by molar-refractivity contribution is 5.85. The van der Waals surface area contributed by atoms with Crippen LogP contribution in [-0.4, -0.2) is 6.54 Å². The minimum atomic E-state index is 0.492. The molecule has 0 spiro atoms. The van der Waals surface area contributed by atoms with Gasteiger partial charge in [-0.1, -0.05) is 52.8 Å². The number of hydrogen-bond donors (Lipinski definition) is 1. The topological polar surface area (TPSA) is 25.2 Å². The summed E-state index contributed by atoms with van der Waals surface area (Å²) < 4.78 is 6.20. The smallest absolute Gasteiger partial charge is 0.138 e. The highest BCUT2D eigenvalue weighted by Crippen LogP contribution is 2.32. The van der Waals surface area contributed by atoms with Crippen LogP contribution in [0.1, 0.15) is 57.4 Å². The number of fused-ring (bicyclic) bond motifs is 1. The summed E-state index contributed by atoms with van der Waals surface area (Å²) in [4.78, 5) is 0. The Balaban J connectivity index is 2.37. The molecule has 0 atom stereocenters. The van der Waals surface area contributed by atoms with Crippen LogP contribution in [0.3, 0.4) is 0 Å². The van der Waals surface area contributed by atoms with E-state index in [0.29, 0.717) is 11.8 Å². The van der Waals surface area contributed by atoms with Crippen LogP contribution in [0.2, 0.25) is 0 Å². The van der Waals surface area contributed by atoms with Crippen LogP contribution in [0, 0.1) is 5.92 Å². The normalized spacial score (nSPS) is 11.9. The van der Waals surface area contributed by atoms with Crippen molar-refractivity contribution < 1.29 is 4.42 Å². The maximum Gasteiger partial charge on any atom is 0.138 e. The molecule has 0 amide bonds. The molecule has 110 valence electrons. The first-order chi connectivity index (χ1) is 9.54. The van der Waals surface area contributed by atoms with Gasteiger partial charge in [-0.25, -0.2) is 0 Å². The summed E-state index contributed by atoms with van der Waals surface area (Å²) in [6.45, 7) is 13.0. The van der Waals surface area contributed by atoms with Crippen molar-refractivity contribution in [3.05, 3.63) is 35.1 Å². The van der Waals surface area contributed by atoms with Gasteiger partial charge >= 0.3 is 0 Å². The Kier molecular flexibility index (Phi) is 4.87. The predicted molar refractivity (Wildman–Crippen MR) is 86.2 cm³/mol. The molecule has 0 aliphatic carbocycles. The molecule has 0 radical (unpaired) electrons. The van der Waals surface area contributed by atoms with Gasteiger partial charge in [0.15, 0.2) is 0 Å². The maximum atomic E-state index is 6.20. The van der Waals surface area contributed by atoms with Crippen molar-refractivity contribution in [2.24, 2.45) is 5.92 Å². The summed E-state index contributed by atoms with van der Waals surface area (Å²) in [6.07, 6.45) is 1.02. The summed E-state index contributed by atoms with van der Waals surface area (Å²) in [5.74, 6) is 2.26. The molecule has 2 aromatic rings. The van der Waals surface area contributed by atoms with Crippen LogP contribution in [0.25, 0.3) is 11.0 Å². The zero-order chi connectivity index (χ0) is 14.7. The van der Waals surface area contributed by atoms with Gasteiger partial charge in [0.25, 0.3) is 0 Å². The average Bonchev–Trinajstić information content (AvgIpc) is 2.75. The fourth-order valence-electron chi connectivity index (χ4n) is 2.70. The molecule has 0 saturated heterocycles. The number of benzene rings is 1. The Morgan fingerprint density at radius 2 is 1.90 bits per heavy atom. The van der Waals surface area contributed by atoms with E-state index >= 15 is 0 Å². The highest BCUT2D eigenvalue weighted by atomic mass is 16.3. The standard InChI is InChI=1S/C18H27NO/c1-6-14-16-9-7-8-15(13(4)5)18(16)20-17(14)11-19-10-12(2)3/h7-9,12-13,19H,6,10-11H2,1-5H3. The number of furan rings is 1. The quantitative estimate of drug-likeness (QED) is 0.812. The van der Waals surface area contributed by atoms with Crippen molar-refractivity contribution in [2.75, 3.05) is 6.54 Å². The van der Waals surface area contributed by atoms with E-state index in [-0.39, 0.29) is 0 Å². The van der Waals surface area contributed by atoms with Gasteiger partial charge in [-0.15, -0.1) is 0 Å². The Bertz CT molecular complexity index is 566. The second-order valence-electron chi connectivity index (χ2n) is 6.26. The SMILES string of the molecule is CCc1c(CNCC(C)C)oc2c(C(C)C)cccc12. The van der Waals surface area contributed by atoms with Gasteiger partial charge in [0.1, 0.15) is 11.3 Å². The van der Waals surface area contributed by atoms with Crippen LogP contribution in [0.5, 0.6) is 0 Å². The number of nitrogens with one attached hydrogen (secondary N) is 1. The highest BCUT2D eigenvalue weighted by Gasteiger charge is 2.16. The van der Waals surface area contributed by atoms with E-state index in [1.165, 1.54) is 16.5 Å². The third-order valence-electron chi connectivity index (χ3n) is 3.75.